The van der Waals surface area contributed by atoms with Crippen molar-refractivity contribution in [3.05, 3.63) is 35.9 Å². The van der Waals surface area contributed by atoms with Gasteiger partial charge in [-0.05, 0) is 38.7 Å². The fourth-order valence-corrected chi connectivity index (χ4v) is 1.83. The van der Waals surface area contributed by atoms with Gasteiger partial charge in [-0.2, -0.15) is 0 Å². The molecular formula is C15H23NO. The highest BCUT2D eigenvalue weighted by Crippen LogP contribution is 2.07. The Balaban J connectivity index is 2.03. The normalized spacial score (nSPS) is 10.5. The molecule has 1 aromatic carbocycles. The molecule has 1 rings (SSSR count). The Bertz CT molecular complexity index is 319. The largest absolute Gasteiger partial charge is 0.354 e. The van der Waals surface area contributed by atoms with Gasteiger partial charge in [0.05, 0.1) is 0 Å². The van der Waals surface area contributed by atoms with E-state index in [1.54, 1.807) is 0 Å². The van der Waals surface area contributed by atoms with E-state index in [1.807, 2.05) is 19.9 Å². The molecule has 0 aliphatic carbocycles. The lowest BCUT2D eigenvalue weighted by Gasteiger charge is -2.07. The molecule has 0 aliphatic rings. The quantitative estimate of drug-likeness (QED) is 0.719. The van der Waals surface area contributed by atoms with Crippen LogP contribution in [0.15, 0.2) is 30.3 Å². The van der Waals surface area contributed by atoms with E-state index in [4.69, 9.17) is 0 Å². The molecule has 94 valence electrons. The molecule has 0 atom stereocenters. The Labute approximate surface area is 104 Å². The van der Waals surface area contributed by atoms with Crippen LogP contribution in [0.2, 0.25) is 0 Å². The molecular weight excluding hydrogens is 210 g/mol. The molecule has 0 fully saturated rings. The van der Waals surface area contributed by atoms with Crippen molar-refractivity contribution in [2.75, 3.05) is 0 Å². The maximum absolute atomic E-state index is 11.4. The van der Waals surface area contributed by atoms with Gasteiger partial charge in [-0.15, -0.1) is 0 Å². The van der Waals surface area contributed by atoms with Crippen molar-refractivity contribution in [1.82, 2.24) is 5.32 Å². The Hall–Kier alpha value is -1.31. The summed E-state index contributed by atoms with van der Waals surface area (Å²) in [5, 5.41) is 2.91. The lowest BCUT2D eigenvalue weighted by atomic mass is 10.1. The van der Waals surface area contributed by atoms with E-state index in [9.17, 15) is 4.79 Å². The topological polar surface area (TPSA) is 29.1 Å². The van der Waals surface area contributed by atoms with Crippen molar-refractivity contribution >= 4 is 5.91 Å². The number of unbranched alkanes of at least 4 members (excludes halogenated alkanes) is 2. The van der Waals surface area contributed by atoms with E-state index in [1.165, 1.54) is 12.0 Å². The van der Waals surface area contributed by atoms with Gasteiger partial charge < -0.3 is 5.32 Å². The van der Waals surface area contributed by atoms with Crippen molar-refractivity contribution in [1.29, 1.82) is 0 Å². The lowest BCUT2D eigenvalue weighted by molar-refractivity contribution is -0.121. The van der Waals surface area contributed by atoms with Crippen LogP contribution in [0.25, 0.3) is 0 Å². The van der Waals surface area contributed by atoms with Gasteiger partial charge in [0, 0.05) is 12.5 Å². The number of rotatable bonds is 7. The van der Waals surface area contributed by atoms with E-state index < -0.39 is 0 Å². The van der Waals surface area contributed by atoms with Gasteiger partial charge >= 0.3 is 0 Å². The van der Waals surface area contributed by atoms with Crippen molar-refractivity contribution in [3.8, 4) is 0 Å². The van der Waals surface area contributed by atoms with Gasteiger partial charge in [-0.25, -0.2) is 0 Å². The summed E-state index contributed by atoms with van der Waals surface area (Å²) in [4.78, 5) is 11.4. The first kappa shape index (κ1) is 13.8. The molecule has 0 spiro atoms. The smallest absolute Gasteiger partial charge is 0.220 e. The maximum atomic E-state index is 11.4. The van der Waals surface area contributed by atoms with Crippen LogP contribution in [0, 0.1) is 0 Å². The fraction of sp³-hybridized carbons (Fsp3) is 0.533. The average Bonchev–Trinajstić information content (AvgIpc) is 2.29. The molecule has 0 aromatic heterocycles. The Kier molecular flexibility index (Phi) is 6.38. The van der Waals surface area contributed by atoms with Gasteiger partial charge in [0.25, 0.3) is 0 Å². The molecule has 17 heavy (non-hydrogen) atoms. The molecule has 0 saturated heterocycles. The highest BCUT2D eigenvalue weighted by molar-refractivity contribution is 5.76. The molecule has 2 nitrogen and oxygen atoms in total. The average molecular weight is 233 g/mol. The number of hydrogen-bond donors (Lipinski definition) is 1. The second kappa shape index (κ2) is 7.88. The molecule has 1 aromatic rings. The zero-order chi connectivity index (χ0) is 12.5. The molecule has 0 unspecified atom stereocenters. The summed E-state index contributed by atoms with van der Waals surface area (Å²) in [6.45, 7) is 3.99. The highest BCUT2D eigenvalue weighted by Gasteiger charge is 2.02. The number of carbonyl (C=O) groups excluding carboxylic acids is 1. The fourth-order valence-electron chi connectivity index (χ4n) is 1.83. The first-order valence-electron chi connectivity index (χ1n) is 6.52. The van der Waals surface area contributed by atoms with Crippen LogP contribution in [0.5, 0.6) is 0 Å². The minimum atomic E-state index is 0.180. The predicted octanol–water partition coefficient (Wildman–Crippen LogP) is 3.31. The monoisotopic (exact) mass is 233 g/mol. The standard InChI is InChI=1S/C15H23NO/c1-13(2)16-15(17)12-8-4-7-11-14-9-5-3-6-10-14/h3,5-6,9-10,13H,4,7-8,11-12H2,1-2H3,(H,16,17). The van der Waals surface area contributed by atoms with Gasteiger partial charge in [0.1, 0.15) is 0 Å². The zero-order valence-electron chi connectivity index (χ0n) is 10.9. The van der Waals surface area contributed by atoms with Crippen molar-refractivity contribution < 1.29 is 4.79 Å². The molecule has 2 heteroatoms. The summed E-state index contributed by atoms with van der Waals surface area (Å²) in [7, 11) is 0. The minimum Gasteiger partial charge on any atom is -0.354 e. The maximum Gasteiger partial charge on any atom is 0.220 e. The third-order valence-electron chi connectivity index (χ3n) is 2.66. The zero-order valence-corrected chi connectivity index (χ0v) is 10.9. The predicted molar refractivity (Wildman–Crippen MR) is 71.9 cm³/mol. The van der Waals surface area contributed by atoms with Gasteiger partial charge in [-0.1, -0.05) is 36.8 Å². The van der Waals surface area contributed by atoms with Crippen molar-refractivity contribution in [2.45, 2.75) is 52.0 Å². The first-order chi connectivity index (χ1) is 8.18. The lowest BCUT2D eigenvalue weighted by Crippen LogP contribution is -2.29. The molecule has 0 bridgehead atoms. The minimum absolute atomic E-state index is 0.180. The van der Waals surface area contributed by atoms with E-state index in [0.29, 0.717) is 6.42 Å². The van der Waals surface area contributed by atoms with E-state index >= 15 is 0 Å². The molecule has 0 aliphatic heterocycles. The van der Waals surface area contributed by atoms with Crippen LogP contribution in [-0.2, 0) is 11.2 Å². The summed E-state index contributed by atoms with van der Waals surface area (Å²) in [6, 6.07) is 10.8. The number of benzene rings is 1. The van der Waals surface area contributed by atoms with Gasteiger partial charge in [0.2, 0.25) is 5.91 Å². The van der Waals surface area contributed by atoms with Crippen LogP contribution in [0.4, 0.5) is 0 Å². The van der Waals surface area contributed by atoms with Gasteiger partial charge in [0.15, 0.2) is 0 Å². The van der Waals surface area contributed by atoms with Crippen LogP contribution in [-0.4, -0.2) is 11.9 Å². The Morgan fingerprint density at radius 1 is 1.12 bits per heavy atom. The van der Waals surface area contributed by atoms with Crippen LogP contribution < -0.4 is 5.32 Å². The number of nitrogens with one attached hydrogen (secondary N) is 1. The number of aryl methyl sites for hydroxylation is 1. The summed E-state index contributed by atoms with van der Waals surface area (Å²) >= 11 is 0. The molecule has 0 heterocycles. The summed E-state index contributed by atoms with van der Waals surface area (Å²) in [5.41, 5.74) is 1.39. The number of carbonyl (C=O) groups is 1. The van der Waals surface area contributed by atoms with E-state index in [0.717, 1.165) is 19.3 Å². The van der Waals surface area contributed by atoms with E-state index in [-0.39, 0.29) is 11.9 Å². The third kappa shape index (κ3) is 6.77. The van der Waals surface area contributed by atoms with Crippen molar-refractivity contribution in [2.24, 2.45) is 0 Å². The summed E-state index contributed by atoms with van der Waals surface area (Å²) in [6.07, 6.45) is 5.06. The van der Waals surface area contributed by atoms with Crippen LogP contribution >= 0.6 is 0 Å². The summed E-state index contributed by atoms with van der Waals surface area (Å²) < 4.78 is 0. The number of amides is 1. The second-order valence-electron chi connectivity index (χ2n) is 4.77. The van der Waals surface area contributed by atoms with Crippen molar-refractivity contribution in [3.63, 3.8) is 0 Å². The summed E-state index contributed by atoms with van der Waals surface area (Å²) in [5.74, 6) is 0.180. The van der Waals surface area contributed by atoms with E-state index in [2.05, 4.69) is 29.6 Å². The van der Waals surface area contributed by atoms with Crippen LogP contribution in [0.3, 0.4) is 0 Å². The molecule has 1 N–H and O–H groups in total. The molecule has 0 saturated carbocycles. The van der Waals surface area contributed by atoms with Crippen LogP contribution in [0.1, 0.15) is 45.1 Å². The highest BCUT2D eigenvalue weighted by atomic mass is 16.1. The van der Waals surface area contributed by atoms with Gasteiger partial charge in [-0.3, -0.25) is 4.79 Å². The molecule has 0 radical (unpaired) electrons. The first-order valence-corrected chi connectivity index (χ1v) is 6.52. The third-order valence-corrected chi connectivity index (χ3v) is 2.66. The Morgan fingerprint density at radius 2 is 1.82 bits per heavy atom. The Morgan fingerprint density at radius 3 is 2.47 bits per heavy atom. The number of hydrogen-bond acceptors (Lipinski definition) is 1. The molecule has 1 amide bonds. The SMILES string of the molecule is CC(C)NC(=O)CCCCCc1ccccc1. The second-order valence-corrected chi connectivity index (χ2v) is 4.77.